The zero-order valence-electron chi connectivity index (χ0n) is 9.18. The Morgan fingerprint density at radius 1 is 1.00 bits per heavy atom. The second kappa shape index (κ2) is 3.84. The fraction of sp³-hybridized carbons (Fsp3) is 0.182. The van der Waals surface area contributed by atoms with E-state index in [0.717, 1.165) is 0 Å². The highest BCUT2D eigenvalue weighted by Gasteiger charge is 2.19. The molecule has 6 nitrogen and oxygen atoms in total. The van der Waals surface area contributed by atoms with Crippen LogP contribution in [0.1, 0.15) is 0 Å². The number of fused-ring (bicyclic) bond motifs is 1. The van der Waals surface area contributed by atoms with E-state index in [9.17, 15) is 9.59 Å². The molecule has 0 aliphatic carbocycles. The molecule has 0 aliphatic heterocycles. The number of hydrogen-bond donors (Lipinski definition) is 0. The minimum atomic E-state index is -0.617. The molecule has 2 aromatic carbocycles. The first kappa shape index (κ1) is 11.0. The molecule has 0 amide bonds. The molecule has 0 aromatic heterocycles. The Kier molecular flexibility index (Phi) is 2.49. The topological polar surface area (TPSA) is 89.0 Å². The van der Waals surface area contributed by atoms with Gasteiger partial charge in [-0.25, -0.2) is 0 Å². The van der Waals surface area contributed by atoms with Crippen molar-refractivity contribution in [1.29, 1.82) is 0 Å². The minimum Gasteiger partial charge on any atom is -0.493 e. The third kappa shape index (κ3) is 1.43. The van der Waals surface area contributed by atoms with Crippen molar-refractivity contribution in [3.8, 4) is 11.5 Å². The second-order valence-corrected chi connectivity index (χ2v) is 3.36. The average Bonchev–Trinajstić information content (AvgIpc) is 2.59. The molecule has 6 heteroatoms. The number of methoxy groups -OCH3 is 2. The van der Waals surface area contributed by atoms with Crippen LogP contribution in [0.5, 0.6) is 11.5 Å². The maximum absolute atomic E-state index is 11.7. The molecule has 0 aliphatic rings. The summed E-state index contributed by atoms with van der Waals surface area (Å²) in [5.74, 6) is 0.679. The van der Waals surface area contributed by atoms with Crippen molar-refractivity contribution in [1.82, 2.24) is 0 Å². The van der Waals surface area contributed by atoms with Gasteiger partial charge < -0.3 is 15.0 Å². The Bertz CT molecular complexity index is 707. The number of ether oxygens (including phenoxy) is 2. The van der Waals surface area contributed by atoms with Gasteiger partial charge in [0.1, 0.15) is 0 Å². The third-order valence-electron chi connectivity index (χ3n) is 2.54. The third-order valence-corrected chi connectivity index (χ3v) is 2.54. The van der Waals surface area contributed by atoms with Gasteiger partial charge in [0, 0.05) is 10.8 Å². The number of hydrogen-bond acceptors (Lipinski definition) is 4. The minimum absolute atomic E-state index is 0.153. The Labute approximate surface area is 95.0 Å². The van der Waals surface area contributed by atoms with E-state index >= 15 is 0 Å². The van der Waals surface area contributed by atoms with Crippen LogP contribution in [0.25, 0.3) is 16.3 Å². The molecule has 0 spiro atoms. The highest BCUT2D eigenvalue weighted by atomic mass is 16.5. The van der Waals surface area contributed by atoms with E-state index in [1.54, 1.807) is 0 Å². The predicted molar refractivity (Wildman–Crippen MR) is 58.7 cm³/mol. The predicted octanol–water partition coefficient (Wildman–Crippen LogP) is -0.417. The van der Waals surface area contributed by atoms with Crippen molar-refractivity contribution in [2.24, 2.45) is 0 Å². The van der Waals surface area contributed by atoms with Gasteiger partial charge >= 0.3 is 5.36 Å². The van der Waals surface area contributed by atoms with Crippen LogP contribution in [0, 0.1) is 0 Å². The van der Waals surface area contributed by atoms with Crippen LogP contribution in [-0.4, -0.2) is 19.0 Å². The summed E-state index contributed by atoms with van der Waals surface area (Å²) < 4.78 is 10.0. The lowest BCUT2D eigenvalue weighted by molar-refractivity contribution is -0.0674. The maximum Gasteiger partial charge on any atom is 0.410 e. The molecule has 2 rings (SSSR count). The van der Waals surface area contributed by atoms with Crippen molar-refractivity contribution in [2.45, 2.75) is 0 Å². The van der Waals surface area contributed by atoms with Crippen LogP contribution in [0.2, 0.25) is 0 Å². The van der Waals surface area contributed by atoms with Crippen LogP contribution in [0.4, 0.5) is 0 Å². The Balaban J connectivity index is 3.07. The lowest BCUT2D eigenvalue weighted by Gasteiger charge is -2.06. The summed E-state index contributed by atoms with van der Waals surface area (Å²) in [6.45, 7) is 0. The van der Waals surface area contributed by atoms with Crippen LogP contribution < -0.4 is 25.7 Å². The normalized spacial score (nSPS) is 10.2. The summed E-state index contributed by atoms with van der Waals surface area (Å²) in [5.41, 5.74) is 7.38. The molecule has 2 aromatic rings. The van der Waals surface area contributed by atoms with Crippen LogP contribution >= 0.6 is 0 Å². The zero-order valence-corrected chi connectivity index (χ0v) is 9.18. The molecule has 0 unspecified atom stereocenters. The van der Waals surface area contributed by atoms with E-state index in [1.807, 2.05) is 0 Å². The highest BCUT2D eigenvalue weighted by Crippen LogP contribution is 2.29. The first-order valence-corrected chi connectivity index (χ1v) is 4.71. The van der Waals surface area contributed by atoms with E-state index < -0.39 is 16.2 Å². The van der Waals surface area contributed by atoms with Gasteiger partial charge in [0.05, 0.1) is 14.2 Å². The summed E-state index contributed by atoms with van der Waals surface area (Å²) >= 11 is 0. The molecule has 86 valence electrons. The molecule has 0 fully saturated rings. The van der Waals surface area contributed by atoms with E-state index in [1.165, 1.54) is 26.4 Å². The van der Waals surface area contributed by atoms with Gasteiger partial charge in [-0.05, 0) is 12.1 Å². The largest absolute Gasteiger partial charge is 0.493 e. The molecule has 0 heterocycles. The molecular formula is C11H8N2O4. The molecule has 0 bridgehead atoms. The molecule has 0 saturated heterocycles. The van der Waals surface area contributed by atoms with Gasteiger partial charge in [-0.3, -0.25) is 9.59 Å². The van der Waals surface area contributed by atoms with Crippen molar-refractivity contribution >= 4 is 10.8 Å². The van der Waals surface area contributed by atoms with Gasteiger partial charge in [0.15, 0.2) is 11.5 Å². The van der Waals surface area contributed by atoms with Crippen molar-refractivity contribution in [2.75, 3.05) is 14.2 Å². The fourth-order valence-corrected chi connectivity index (χ4v) is 1.70. The van der Waals surface area contributed by atoms with Gasteiger partial charge in [-0.1, -0.05) is 0 Å². The summed E-state index contributed by atoms with van der Waals surface area (Å²) in [4.78, 5) is 26.1. The maximum atomic E-state index is 11.7. The number of benzene rings is 1. The molecule has 17 heavy (non-hydrogen) atoms. The van der Waals surface area contributed by atoms with E-state index in [2.05, 4.69) is 4.79 Å². The molecule has 0 atom stereocenters. The molecule has 0 radical (unpaired) electrons. The standard InChI is InChI=1S/C11H8N2O4/c1-16-7-3-5-6(4-8(7)17-2)11(15)9(13-12)10(5)14/h3-4H,1-2H3. The van der Waals surface area contributed by atoms with Crippen LogP contribution in [-0.2, 0) is 0 Å². The Hall–Kier alpha value is -2.46. The van der Waals surface area contributed by atoms with E-state index in [-0.39, 0.29) is 10.8 Å². The zero-order chi connectivity index (χ0) is 12.6. The lowest BCUT2D eigenvalue weighted by Crippen LogP contribution is -2.32. The molecule has 0 N–H and O–H groups in total. The lowest BCUT2D eigenvalue weighted by atomic mass is 10.2. The van der Waals surface area contributed by atoms with Gasteiger partial charge in [-0.15, -0.1) is 0 Å². The highest BCUT2D eigenvalue weighted by molar-refractivity contribution is 5.86. The quantitative estimate of drug-likeness (QED) is 0.519. The summed E-state index contributed by atoms with van der Waals surface area (Å²) in [6, 6.07) is 2.79. The van der Waals surface area contributed by atoms with Gasteiger partial charge in [0.25, 0.3) is 10.9 Å². The van der Waals surface area contributed by atoms with Crippen molar-refractivity contribution in [3.63, 3.8) is 0 Å². The average molecular weight is 232 g/mol. The first-order chi connectivity index (χ1) is 8.13. The first-order valence-electron chi connectivity index (χ1n) is 4.71. The Morgan fingerprint density at radius 3 is 1.71 bits per heavy atom. The smallest absolute Gasteiger partial charge is 0.410 e. The van der Waals surface area contributed by atoms with Crippen molar-refractivity contribution in [3.05, 3.63) is 43.5 Å². The van der Waals surface area contributed by atoms with Crippen LogP contribution in [0.15, 0.2) is 21.7 Å². The summed E-state index contributed by atoms with van der Waals surface area (Å²) in [7, 11) is 2.85. The molecule has 0 saturated carbocycles. The van der Waals surface area contributed by atoms with E-state index in [4.69, 9.17) is 15.0 Å². The Morgan fingerprint density at radius 2 is 1.41 bits per heavy atom. The fourth-order valence-electron chi connectivity index (χ4n) is 1.70. The number of nitrogens with zero attached hydrogens (tertiary/aromatic N) is 2. The van der Waals surface area contributed by atoms with Crippen LogP contribution in [0.3, 0.4) is 0 Å². The number of rotatable bonds is 2. The molecular weight excluding hydrogens is 224 g/mol. The monoisotopic (exact) mass is 232 g/mol. The van der Waals surface area contributed by atoms with E-state index in [0.29, 0.717) is 11.5 Å². The van der Waals surface area contributed by atoms with Gasteiger partial charge in [0.2, 0.25) is 0 Å². The summed E-state index contributed by atoms with van der Waals surface area (Å²) in [5, 5.41) is -0.184. The second-order valence-electron chi connectivity index (χ2n) is 3.36. The van der Waals surface area contributed by atoms with Gasteiger partial charge in [-0.2, -0.15) is 4.79 Å². The SMILES string of the molecule is COc1cc2c(=O)c(=[N+]=[N-])c(=O)c2cc1OC. The van der Waals surface area contributed by atoms with Crippen molar-refractivity contribution < 1.29 is 14.3 Å². The summed E-state index contributed by atoms with van der Waals surface area (Å²) in [6.07, 6.45) is 0.